The van der Waals surface area contributed by atoms with Gasteiger partial charge in [0.25, 0.3) is 5.69 Å². The molecule has 8 nitrogen and oxygen atoms in total. The van der Waals surface area contributed by atoms with Crippen LogP contribution in [0.4, 0.5) is 5.69 Å². The van der Waals surface area contributed by atoms with Crippen LogP contribution >= 0.6 is 0 Å². The van der Waals surface area contributed by atoms with Crippen LogP contribution in [0.2, 0.25) is 0 Å². The lowest BCUT2D eigenvalue weighted by Gasteiger charge is -2.17. The third kappa shape index (κ3) is 3.47. The van der Waals surface area contributed by atoms with E-state index in [4.69, 9.17) is 0 Å². The zero-order chi connectivity index (χ0) is 13.7. The minimum Gasteiger partial charge on any atom is -0.388 e. The molecule has 0 spiro atoms. The minimum absolute atomic E-state index is 0.218. The molecular formula is C10H13N3O5. The molecule has 0 aliphatic rings. The van der Waals surface area contributed by atoms with E-state index in [-0.39, 0.29) is 23.8 Å². The van der Waals surface area contributed by atoms with Crippen molar-refractivity contribution in [2.45, 2.75) is 19.1 Å². The Balaban J connectivity index is 2.86. The molecule has 1 aromatic heterocycles. The smallest absolute Gasteiger partial charge is 0.293 e. The van der Waals surface area contributed by atoms with Gasteiger partial charge in [0.05, 0.1) is 4.92 Å². The normalized spacial score (nSPS) is 13.7. The van der Waals surface area contributed by atoms with Crippen molar-refractivity contribution in [2.75, 3.05) is 6.54 Å². The van der Waals surface area contributed by atoms with Gasteiger partial charge in [-0.05, 0) is 6.07 Å². The molecule has 0 fully saturated rings. The number of carbonyl (C=O) groups is 1. The van der Waals surface area contributed by atoms with E-state index in [1.165, 1.54) is 25.3 Å². The molecule has 18 heavy (non-hydrogen) atoms. The molecule has 1 rings (SSSR count). The molecule has 0 saturated heterocycles. The quantitative estimate of drug-likeness (QED) is 0.482. The summed E-state index contributed by atoms with van der Waals surface area (Å²) in [4.78, 5) is 24.4. The monoisotopic (exact) mass is 255 g/mol. The van der Waals surface area contributed by atoms with Gasteiger partial charge in [-0.3, -0.25) is 19.9 Å². The number of amides is 1. The molecule has 1 aromatic rings. The Bertz CT molecular complexity index is 451. The second-order valence-corrected chi connectivity index (χ2v) is 3.61. The van der Waals surface area contributed by atoms with Crippen LogP contribution in [0.15, 0.2) is 18.3 Å². The SMILES string of the molecule is CC(=O)NCC(O)C(O)c1ncccc1[N+](=O)[O-]. The summed E-state index contributed by atoms with van der Waals surface area (Å²) in [6.45, 7) is 1.03. The van der Waals surface area contributed by atoms with Gasteiger partial charge in [0.1, 0.15) is 17.9 Å². The van der Waals surface area contributed by atoms with Gasteiger partial charge in [-0.15, -0.1) is 0 Å². The number of carbonyl (C=O) groups excluding carboxylic acids is 1. The van der Waals surface area contributed by atoms with E-state index in [1.807, 2.05) is 0 Å². The van der Waals surface area contributed by atoms with E-state index in [1.54, 1.807) is 0 Å². The number of rotatable bonds is 5. The molecule has 1 amide bonds. The van der Waals surface area contributed by atoms with Crippen LogP contribution in [0.1, 0.15) is 18.7 Å². The number of pyridine rings is 1. The van der Waals surface area contributed by atoms with Gasteiger partial charge in [-0.25, -0.2) is 0 Å². The van der Waals surface area contributed by atoms with Crippen LogP contribution in [0.5, 0.6) is 0 Å². The van der Waals surface area contributed by atoms with Crippen LogP contribution in [-0.4, -0.2) is 38.7 Å². The maximum atomic E-state index is 10.7. The molecule has 8 heteroatoms. The van der Waals surface area contributed by atoms with Gasteiger partial charge >= 0.3 is 0 Å². The fraction of sp³-hybridized carbons (Fsp3) is 0.400. The molecule has 0 saturated carbocycles. The van der Waals surface area contributed by atoms with Crippen molar-refractivity contribution in [3.05, 3.63) is 34.1 Å². The molecule has 0 aliphatic carbocycles. The van der Waals surface area contributed by atoms with Crippen LogP contribution in [0, 0.1) is 10.1 Å². The number of aliphatic hydroxyl groups excluding tert-OH is 2. The standard InChI is InChI=1S/C10H13N3O5/c1-6(14)12-5-8(15)10(16)9-7(13(17)18)3-2-4-11-9/h2-4,8,10,15-16H,5H2,1H3,(H,12,14). The van der Waals surface area contributed by atoms with Crippen molar-refractivity contribution >= 4 is 11.6 Å². The van der Waals surface area contributed by atoms with Gasteiger partial charge < -0.3 is 15.5 Å². The van der Waals surface area contributed by atoms with Crippen LogP contribution in [0.3, 0.4) is 0 Å². The number of hydrogen-bond acceptors (Lipinski definition) is 6. The highest BCUT2D eigenvalue weighted by Gasteiger charge is 2.27. The highest BCUT2D eigenvalue weighted by molar-refractivity contribution is 5.72. The third-order valence-corrected chi connectivity index (χ3v) is 2.22. The first-order valence-corrected chi connectivity index (χ1v) is 5.13. The van der Waals surface area contributed by atoms with Crippen LogP contribution in [0.25, 0.3) is 0 Å². The van der Waals surface area contributed by atoms with Gasteiger partial charge in [-0.1, -0.05) is 0 Å². The predicted molar refractivity (Wildman–Crippen MR) is 60.5 cm³/mol. The second kappa shape index (κ2) is 6.03. The van der Waals surface area contributed by atoms with Gasteiger partial charge in [0.15, 0.2) is 0 Å². The van der Waals surface area contributed by atoms with E-state index >= 15 is 0 Å². The number of aliphatic hydroxyl groups is 2. The van der Waals surface area contributed by atoms with E-state index in [2.05, 4.69) is 10.3 Å². The number of nitro groups is 1. The van der Waals surface area contributed by atoms with Crippen molar-refractivity contribution < 1.29 is 19.9 Å². The van der Waals surface area contributed by atoms with E-state index < -0.39 is 17.1 Å². The Morgan fingerprint density at radius 1 is 1.61 bits per heavy atom. The lowest BCUT2D eigenvalue weighted by atomic mass is 10.1. The summed E-state index contributed by atoms with van der Waals surface area (Å²) in [5.41, 5.74) is -0.618. The minimum atomic E-state index is -1.54. The molecule has 1 heterocycles. The van der Waals surface area contributed by atoms with E-state index in [9.17, 15) is 25.1 Å². The van der Waals surface area contributed by atoms with Crippen molar-refractivity contribution in [1.29, 1.82) is 0 Å². The first kappa shape index (κ1) is 14.0. The Labute approximate surface area is 102 Å². The van der Waals surface area contributed by atoms with E-state index in [0.29, 0.717) is 0 Å². The molecule has 0 radical (unpaired) electrons. The molecule has 0 bridgehead atoms. The number of aromatic nitrogens is 1. The summed E-state index contributed by atoms with van der Waals surface area (Å²) in [7, 11) is 0. The lowest BCUT2D eigenvalue weighted by molar-refractivity contribution is -0.386. The zero-order valence-corrected chi connectivity index (χ0v) is 9.61. The third-order valence-electron chi connectivity index (χ3n) is 2.22. The van der Waals surface area contributed by atoms with Crippen molar-refractivity contribution in [1.82, 2.24) is 10.3 Å². The summed E-state index contributed by atoms with van der Waals surface area (Å²) in [5.74, 6) is -0.378. The molecule has 0 aromatic carbocycles. The Morgan fingerprint density at radius 3 is 2.83 bits per heavy atom. The fourth-order valence-electron chi connectivity index (χ4n) is 1.33. The Morgan fingerprint density at radius 2 is 2.28 bits per heavy atom. The van der Waals surface area contributed by atoms with Crippen molar-refractivity contribution in [3.8, 4) is 0 Å². The van der Waals surface area contributed by atoms with Gasteiger partial charge in [-0.2, -0.15) is 0 Å². The maximum absolute atomic E-state index is 10.7. The molecule has 2 atom stereocenters. The van der Waals surface area contributed by atoms with Gasteiger partial charge in [0, 0.05) is 25.7 Å². The second-order valence-electron chi connectivity index (χ2n) is 3.61. The van der Waals surface area contributed by atoms with Crippen molar-refractivity contribution in [3.63, 3.8) is 0 Å². The summed E-state index contributed by atoms with van der Waals surface area (Å²) in [5, 5.41) is 32.4. The molecule has 2 unspecified atom stereocenters. The largest absolute Gasteiger partial charge is 0.388 e. The highest BCUT2D eigenvalue weighted by Crippen LogP contribution is 2.24. The van der Waals surface area contributed by atoms with E-state index in [0.717, 1.165) is 0 Å². The first-order chi connectivity index (χ1) is 8.43. The average Bonchev–Trinajstić information content (AvgIpc) is 2.34. The summed E-state index contributed by atoms with van der Waals surface area (Å²) < 4.78 is 0. The van der Waals surface area contributed by atoms with Crippen LogP contribution < -0.4 is 5.32 Å². The van der Waals surface area contributed by atoms with Gasteiger partial charge in [0.2, 0.25) is 5.91 Å². The number of hydrogen-bond donors (Lipinski definition) is 3. The fourth-order valence-corrected chi connectivity index (χ4v) is 1.33. The maximum Gasteiger partial charge on any atom is 0.293 e. The summed E-state index contributed by atoms with van der Waals surface area (Å²) >= 11 is 0. The molecular weight excluding hydrogens is 242 g/mol. The number of nitrogens with zero attached hydrogens (tertiary/aromatic N) is 2. The summed E-state index contributed by atoms with van der Waals surface area (Å²) in [6, 6.07) is 2.53. The molecule has 3 N–H and O–H groups in total. The van der Waals surface area contributed by atoms with Crippen LogP contribution in [-0.2, 0) is 4.79 Å². The highest BCUT2D eigenvalue weighted by atomic mass is 16.6. The van der Waals surface area contributed by atoms with Crippen molar-refractivity contribution in [2.24, 2.45) is 0 Å². The topological polar surface area (TPSA) is 126 Å². The predicted octanol–water partition coefficient (Wildman–Crippen LogP) is -0.480. The average molecular weight is 255 g/mol. The summed E-state index contributed by atoms with van der Waals surface area (Å²) in [6.07, 6.45) is -1.64. The molecule has 98 valence electrons. The lowest BCUT2D eigenvalue weighted by Crippen LogP contribution is -2.34. The Kier molecular flexibility index (Phi) is 4.69. The number of nitrogens with one attached hydrogen (secondary N) is 1. The Hall–Kier alpha value is -2.06. The first-order valence-electron chi connectivity index (χ1n) is 5.13. The molecule has 0 aliphatic heterocycles. The zero-order valence-electron chi connectivity index (χ0n) is 9.61.